The number of halogens is 1. The SMILES string of the molecule is COCCOC(=O)Nc1ccc(I)cc1. The third-order valence-corrected chi connectivity index (χ3v) is 2.33. The summed E-state index contributed by atoms with van der Waals surface area (Å²) in [5, 5.41) is 2.61. The quantitative estimate of drug-likeness (QED) is 0.685. The van der Waals surface area contributed by atoms with Crippen LogP contribution in [0.3, 0.4) is 0 Å². The van der Waals surface area contributed by atoms with Crippen molar-refractivity contribution < 1.29 is 14.3 Å². The van der Waals surface area contributed by atoms with Gasteiger partial charge in [0.1, 0.15) is 6.61 Å². The Labute approximate surface area is 102 Å². The van der Waals surface area contributed by atoms with E-state index in [-0.39, 0.29) is 6.61 Å². The summed E-state index contributed by atoms with van der Waals surface area (Å²) < 4.78 is 10.7. The number of carbonyl (C=O) groups is 1. The van der Waals surface area contributed by atoms with Crippen LogP contribution in [0, 0.1) is 3.57 Å². The second kappa shape index (κ2) is 6.62. The number of methoxy groups -OCH3 is 1. The summed E-state index contributed by atoms with van der Waals surface area (Å²) in [6.45, 7) is 0.660. The Morgan fingerprint density at radius 3 is 2.60 bits per heavy atom. The second-order valence-electron chi connectivity index (χ2n) is 2.76. The van der Waals surface area contributed by atoms with Crippen LogP contribution in [-0.4, -0.2) is 26.4 Å². The maximum Gasteiger partial charge on any atom is 0.411 e. The van der Waals surface area contributed by atoms with E-state index < -0.39 is 6.09 Å². The Morgan fingerprint density at radius 1 is 1.33 bits per heavy atom. The molecule has 0 saturated heterocycles. The molecule has 5 heteroatoms. The van der Waals surface area contributed by atoms with Gasteiger partial charge in [0.25, 0.3) is 0 Å². The first-order chi connectivity index (χ1) is 7.22. The van der Waals surface area contributed by atoms with E-state index in [2.05, 4.69) is 27.9 Å². The monoisotopic (exact) mass is 321 g/mol. The predicted molar refractivity (Wildman–Crippen MR) is 66.0 cm³/mol. The third-order valence-electron chi connectivity index (χ3n) is 1.61. The standard InChI is InChI=1S/C10H12INO3/c1-14-6-7-15-10(13)12-9-4-2-8(11)3-5-9/h2-5H,6-7H2,1H3,(H,12,13). The number of nitrogens with one attached hydrogen (secondary N) is 1. The highest BCUT2D eigenvalue weighted by atomic mass is 127. The number of hydrogen-bond acceptors (Lipinski definition) is 3. The maximum absolute atomic E-state index is 11.2. The molecule has 0 fully saturated rings. The summed E-state index contributed by atoms with van der Waals surface area (Å²) in [6.07, 6.45) is -0.465. The second-order valence-corrected chi connectivity index (χ2v) is 4.01. The fraction of sp³-hybridized carbons (Fsp3) is 0.300. The van der Waals surface area contributed by atoms with Crippen LogP contribution in [0.4, 0.5) is 10.5 Å². The Balaban J connectivity index is 2.34. The Kier molecular flexibility index (Phi) is 5.41. The van der Waals surface area contributed by atoms with Crippen LogP contribution in [-0.2, 0) is 9.47 Å². The van der Waals surface area contributed by atoms with Gasteiger partial charge in [-0.2, -0.15) is 0 Å². The third kappa shape index (κ3) is 4.98. The van der Waals surface area contributed by atoms with Crippen LogP contribution in [0.2, 0.25) is 0 Å². The van der Waals surface area contributed by atoms with Crippen molar-refractivity contribution in [1.29, 1.82) is 0 Å². The molecule has 1 aromatic rings. The van der Waals surface area contributed by atoms with E-state index in [0.717, 1.165) is 9.26 Å². The molecule has 0 heterocycles. The van der Waals surface area contributed by atoms with E-state index in [9.17, 15) is 4.79 Å². The molecular weight excluding hydrogens is 309 g/mol. The highest BCUT2D eigenvalue weighted by Gasteiger charge is 2.01. The van der Waals surface area contributed by atoms with Gasteiger partial charge in [-0.3, -0.25) is 5.32 Å². The van der Waals surface area contributed by atoms with Crippen molar-refractivity contribution in [2.24, 2.45) is 0 Å². The van der Waals surface area contributed by atoms with Gasteiger partial charge in [-0.15, -0.1) is 0 Å². The van der Waals surface area contributed by atoms with Crippen molar-refractivity contribution in [3.63, 3.8) is 0 Å². The van der Waals surface area contributed by atoms with Crippen LogP contribution < -0.4 is 5.32 Å². The van der Waals surface area contributed by atoms with Gasteiger partial charge in [-0.05, 0) is 46.9 Å². The fourth-order valence-corrected chi connectivity index (χ4v) is 1.26. The molecule has 0 bridgehead atoms. The van der Waals surface area contributed by atoms with E-state index >= 15 is 0 Å². The fourth-order valence-electron chi connectivity index (χ4n) is 0.905. The molecule has 0 spiro atoms. The van der Waals surface area contributed by atoms with E-state index in [1.54, 1.807) is 7.11 Å². The first-order valence-electron chi connectivity index (χ1n) is 4.40. The smallest absolute Gasteiger partial charge is 0.411 e. The van der Waals surface area contributed by atoms with Crippen molar-refractivity contribution in [2.75, 3.05) is 25.6 Å². The van der Waals surface area contributed by atoms with Gasteiger partial charge in [-0.1, -0.05) is 0 Å². The molecule has 0 aliphatic rings. The average molecular weight is 321 g/mol. The molecule has 0 saturated carbocycles. The van der Waals surface area contributed by atoms with Crippen molar-refractivity contribution in [3.8, 4) is 0 Å². The molecule has 0 aliphatic heterocycles. The summed E-state index contributed by atoms with van der Waals surface area (Å²) in [5.41, 5.74) is 0.720. The predicted octanol–water partition coefficient (Wildman–Crippen LogP) is 2.49. The lowest BCUT2D eigenvalue weighted by molar-refractivity contribution is 0.107. The number of anilines is 1. The van der Waals surface area contributed by atoms with Crippen LogP contribution in [0.15, 0.2) is 24.3 Å². The Hall–Kier alpha value is -0.820. The number of ether oxygens (including phenoxy) is 2. The van der Waals surface area contributed by atoms with Gasteiger partial charge in [0.05, 0.1) is 6.61 Å². The van der Waals surface area contributed by atoms with Crippen molar-refractivity contribution in [1.82, 2.24) is 0 Å². The zero-order valence-electron chi connectivity index (χ0n) is 8.33. The van der Waals surface area contributed by atoms with Crippen molar-refractivity contribution >= 4 is 34.4 Å². The molecule has 1 amide bonds. The Bertz CT molecular complexity index is 313. The molecule has 1 aromatic carbocycles. The molecule has 0 unspecified atom stereocenters. The number of rotatable bonds is 4. The molecular formula is C10H12INO3. The summed E-state index contributed by atoms with van der Waals surface area (Å²) in [6, 6.07) is 7.45. The Morgan fingerprint density at radius 2 is 2.00 bits per heavy atom. The lowest BCUT2D eigenvalue weighted by Crippen LogP contribution is -2.16. The summed E-state index contributed by atoms with van der Waals surface area (Å²) in [7, 11) is 1.56. The summed E-state index contributed by atoms with van der Waals surface area (Å²) in [4.78, 5) is 11.2. The largest absolute Gasteiger partial charge is 0.447 e. The lowest BCUT2D eigenvalue weighted by Gasteiger charge is -2.06. The minimum absolute atomic E-state index is 0.257. The number of carbonyl (C=O) groups excluding carboxylic acids is 1. The highest BCUT2D eigenvalue weighted by Crippen LogP contribution is 2.11. The first-order valence-corrected chi connectivity index (χ1v) is 5.48. The summed E-state index contributed by atoms with van der Waals surface area (Å²) in [5.74, 6) is 0. The molecule has 4 nitrogen and oxygen atoms in total. The van der Waals surface area contributed by atoms with Gasteiger partial charge in [0.2, 0.25) is 0 Å². The van der Waals surface area contributed by atoms with Gasteiger partial charge in [-0.25, -0.2) is 4.79 Å². The van der Waals surface area contributed by atoms with E-state index in [4.69, 9.17) is 9.47 Å². The zero-order valence-corrected chi connectivity index (χ0v) is 10.5. The number of benzene rings is 1. The normalized spacial score (nSPS) is 9.73. The average Bonchev–Trinajstić information content (AvgIpc) is 2.22. The molecule has 0 atom stereocenters. The minimum Gasteiger partial charge on any atom is -0.447 e. The van der Waals surface area contributed by atoms with Gasteiger partial charge < -0.3 is 9.47 Å². The van der Waals surface area contributed by atoms with Crippen molar-refractivity contribution in [2.45, 2.75) is 0 Å². The van der Waals surface area contributed by atoms with Gasteiger partial charge in [0.15, 0.2) is 0 Å². The van der Waals surface area contributed by atoms with Crippen molar-refractivity contribution in [3.05, 3.63) is 27.8 Å². The molecule has 0 radical (unpaired) electrons. The molecule has 0 aliphatic carbocycles. The van der Waals surface area contributed by atoms with Gasteiger partial charge >= 0.3 is 6.09 Å². The van der Waals surface area contributed by atoms with Crippen LogP contribution in [0.5, 0.6) is 0 Å². The molecule has 82 valence electrons. The molecule has 1 N–H and O–H groups in total. The number of amides is 1. The van der Waals surface area contributed by atoms with Gasteiger partial charge in [0, 0.05) is 16.4 Å². The van der Waals surface area contributed by atoms with E-state index in [1.807, 2.05) is 24.3 Å². The summed E-state index contributed by atoms with van der Waals surface area (Å²) >= 11 is 2.20. The lowest BCUT2D eigenvalue weighted by atomic mass is 10.3. The zero-order chi connectivity index (χ0) is 11.1. The van der Waals surface area contributed by atoms with E-state index in [0.29, 0.717) is 6.61 Å². The minimum atomic E-state index is -0.465. The molecule has 15 heavy (non-hydrogen) atoms. The van der Waals surface area contributed by atoms with E-state index in [1.165, 1.54) is 0 Å². The van der Waals surface area contributed by atoms with Crippen LogP contribution in [0.25, 0.3) is 0 Å². The number of hydrogen-bond donors (Lipinski definition) is 1. The van der Waals surface area contributed by atoms with Crippen LogP contribution in [0.1, 0.15) is 0 Å². The highest BCUT2D eigenvalue weighted by molar-refractivity contribution is 14.1. The topological polar surface area (TPSA) is 47.6 Å². The maximum atomic E-state index is 11.2. The van der Waals surface area contributed by atoms with Crippen LogP contribution >= 0.6 is 22.6 Å². The first kappa shape index (κ1) is 12.3. The molecule has 0 aromatic heterocycles. The molecule has 1 rings (SSSR count).